The summed E-state index contributed by atoms with van der Waals surface area (Å²) < 4.78 is 9.54. The Balaban J connectivity index is 1.06. The molecule has 0 bridgehead atoms. The van der Waals surface area contributed by atoms with Gasteiger partial charge in [0.05, 0.1) is 43.0 Å². The van der Waals surface area contributed by atoms with Gasteiger partial charge in [0.1, 0.15) is 23.7 Å². The summed E-state index contributed by atoms with van der Waals surface area (Å²) >= 11 is 0. The highest BCUT2D eigenvalue weighted by Gasteiger charge is 2.39. The molecular formula is C42H50N8O6. The van der Waals surface area contributed by atoms with Crippen LogP contribution >= 0.6 is 0 Å². The first-order chi connectivity index (χ1) is 26.9. The van der Waals surface area contributed by atoms with E-state index in [1.165, 1.54) is 19.8 Å². The van der Waals surface area contributed by atoms with Gasteiger partial charge in [-0.15, -0.1) is 0 Å². The Hall–Kier alpha value is -5.84. The van der Waals surface area contributed by atoms with E-state index in [0.29, 0.717) is 13.1 Å². The zero-order chi connectivity index (χ0) is 39.7. The number of H-pyrrole nitrogens is 2. The molecule has 0 saturated carbocycles. The summed E-state index contributed by atoms with van der Waals surface area (Å²) in [7, 11) is 2.58. The average Bonchev–Trinajstić information content (AvgIpc) is 4.02. The fourth-order valence-corrected chi connectivity index (χ4v) is 8.15. The Morgan fingerprint density at radius 2 is 1.30 bits per heavy atom. The molecule has 2 fully saturated rings. The van der Waals surface area contributed by atoms with Crippen molar-refractivity contribution in [3.05, 3.63) is 70.4 Å². The van der Waals surface area contributed by atoms with Crippen LogP contribution in [0.4, 0.5) is 9.59 Å². The molecule has 3 aliphatic rings. The van der Waals surface area contributed by atoms with Crippen molar-refractivity contribution in [2.45, 2.75) is 90.4 Å². The number of hydrogen-bond acceptors (Lipinski definition) is 8. The van der Waals surface area contributed by atoms with Crippen molar-refractivity contribution in [1.29, 1.82) is 0 Å². The van der Waals surface area contributed by atoms with Crippen LogP contribution in [0.3, 0.4) is 0 Å². The Kier molecular flexibility index (Phi) is 11.0. The smallest absolute Gasteiger partial charge is 0.407 e. The number of aromatic nitrogens is 4. The summed E-state index contributed by atoms with van der Waals surface area (Å²) in [6.07, 6.45) is 3.65. The number of methoxy groups -OCH3 is 2. The fourth-order valence-electron chi connectivity index (χ4n) is 8.15. The lowest BCUT2D eigenvalue weighted by Gasteiger charge is -2.30. The lowest BCUT2D eigenvalue weighted by atomic mass is 9.91. The predicted octanol–water partition coefficient (Wildman–Crippen LogP) is 5.54. The van der Waals surface area contributed by atoms with Crippen molar-refractivity contribution in [2.75, 3.05) is 27.3 Å². The number of likely N-dealkylation sites (tertiary alicyclic amines) is 2. The zero-order valence-corrected chi connectivity index (χ0v) is 32.8. The molecule has 7 rings (SSSR count). The predicted molar refractivity (Wildman–Crippen MR) is 209 cm³/mol. The van der Waals surface area contributed by atoms with Crippen molar-refractivity contribution in [2.24, 2.45) is 11.8 Å². The highest BCUT2D eigenvalue weighted by molar-refractivity contribution is 5.87. The van der Waals surface area contributed by atoms with Gasteiger partial charge in [0.2, 0.25) is 11.8 Å². The number of hydrogen-bond donors (Lipinski definition) is 4. The molecule has 4 amide bonds. The van der Waals surface area contributed by atoms with E-state index in [1.54, 1.807) is 0 Å². The molecule has 14 heteroatoms. The lowest BCUT2D eigenvalue weighted by Crippen LogP contribution is -2.51. The maximum atomic E-state index is 13.7. The molecule has 2 aromatic carbocycles. The number of aryl methyl sites for hydroxylation is 2. The second-order valence-electron chi connectivity index (χ2n) is 15.5. The van der Waals surface area contributed by atoms with Crippen LogP contribution in [0.1, 0.15) is 99.5 Å². The van der Waals surface area contributed by atoms with Gasteiger partial charge in [-0.25, -0.2) is 19.6 Å². The summed E-state index contributed by atoms with van der Waals surface area (Å²) in [6, 6.07) is 10.3. The molecule has 2 saturated heterocycles. The van der Waals surface area contributed by atoms with E-state index in [0.717, 1.165) is 89.3 Å². The van der Waals surface area contributed by atoms with Crippen LogP contribution in [0, 0.1) is 23.7 Å². The van der Waals surface area contributed by atoms with E-state index in [4.69, 9.17) is 19.4 Å². The van der Waals surface area contributed by atoms with E-state index in [9.17, 15) is 19.2 Å². The van der Waals surface area contributed by atoms with Crippen molar-refractivity contribution >= 4 is 35.0 Å². The first-order valence-corrected chi connectivity index (χ1v) is 19.5. The summed E-state index contributed by atoms with van der Waals surface area (Å²) in [4.78, 5) is 71.8. The number of alkyl carbamates (subject to hydrolysis) is 2. The van der Waals surface area contributed by atoms with Gasteiger partial charge in [-0.1, -0.05) is 45.6 Å². The number of aromatic amines is 2. The highest BCUT2D eigenvalue weighted by atomic mass is 16.5. The van der Waals surface area contributed by atoms with Crippen molar-refractivity contribution < 1.29 is 28.7 Å². The van der Waals surface area contributed by atoms with Crippen molar-refractivity contribution in [1.82, 2.24) is 40.4 Å². The Labute approximate surface area is 326 Å². The molecule has 4 heterocycles. The number of rotatable bonds is 8. The monoisotopic (exact) mass is 762 g/mol. The summed E-state index contributed by atoms with van der Waals surface area (Å²) in [5.74, 6) is 7.65. The summed E-state index contributed by atoms with van der Waals surface area (Å²) in [5, 5.41) is 5.41. The van der Waals surface area contributed by atoms with Gasteiger partial charge in [-0.3, -0.25) is 9.59 Å². The van der Waals surface area contributed by atoms with Crippen molar-refractivity contribution in [3.63, 3.8) is 0 Å². The summed E-state index contributed by atoms with van der Waals surface area (Å²) in [6.45, 7) is 8.81. The minimum atomic E-state index is -0.696. The van der Waals surface area contributed by atoms with E-state index < -0.39 is 24.3 Å². The molecule has 4 aromatic rings. The normalized spacial score (nSPS) is 18.6. The van der Waals surface area contributed by atoms with Crippen LogP contribution < -0.4 is 10.6 Å². The van der Waals surface area contributed by atoms with E-state index >= 15 is 0 Å². The number of imidazole rings is 2. The minimum Gasteiger partial charge on any atom is -0.453 e. The number of amides is 4. The number of nitrogens with one attached hydrogen (secondary N) is 4. The molecular weight excluding hydrogens is 713 g/mol. The third-order valence-corrected chi connectivity index (χ3v) is 11.1. The van der Waals surface area contributed by atoms with Crippen LogP contribution in [0.25, 0.3) is 22.3 Å². The first kappa shape index (κ1) is 38.4. The summed E-state index contributed by atoms with van der Waals surface area (Å²) in [5.41, 5.74) is 7.57. The van der Waals surface area contributed by atoms with Crippen molar-refractivity contribution in [3.8, 4) is 23.1 Å². The van der Waals surface area contributed by atoms with E-state index in [-0.39, 0.29) is 35.7 Å². The van der Waals surface area contributed by atoms with Gasteiger partial charge >= 0.3 is 12.2 Å². The van der Waals surface area contributed by atoms with E-state index in [2.05, 4.69) is 44.6 Å². The standard InChI is InChI=1S/C42H50N8O6/c1-23(2)34(47-41(53)55-5)39(51)49-19-7-9-32(49)37-43-29-17-14-26(22-31(29)45-37)12-11-25-13-16-28-27(21-25)15-18-30-36(28)46-38(44-30)33-10-8-20-50(33)40(52)35(24(3)4)48-42(54)56-6/h13-14,16-17,21-24,32-35H,7-10,15,18-20H2,1-6H3,(H,43,45)(H,44,46)(H,47,53)(H,48,54)/t32-,33-,34-,35-/m0/s1. The van der Waals surface area contributed by atoms with Crippen LogP contribution in [-0.4, -0.2) is 93.1 Å². The Morgan fingerprint density at radius 1 is 0.750 bits per heavy atom. The maximum absolute atomic E-state index is 13.7. The minimum absolute atomic E-state index is 0.104. The molecule has 2 aromatic heterocycles. The van der Waals surface area contributed by atoms with Gasteiger partial charge in [0.25, 0.3) is 0 Å². The molecule has 4 atom stereocenters. The molecule has 0 radical (unpaired) electrons. The molecule has 294 valence electrons. The number of nitrogens with zero attached hydrogens (tertiary/aromatic N) is 4. The second-order valence-corrected chi connectivity index (χ2v) is 15.5. The quantitative estimate of drug-likeness (QED) is 0.169. The largest absolute Gasteiger partial charge is 0.453 e. The first-order valence-electron chi connectivity index (χ1n) is 19.5. The molecule has 0 unspecified atom stereocenters. The molecule has 1 aliphatic carbocycles. The molecule has 2 aliphatic heterocycles. The van der Waals surface area contributed by atoms with Crippen LogP contribution in [-0.2, 0) is 31.9 Å². The highest BCUT2D eigenvalue weighted by Crippen LogP contribution is 2.38. The molecule has 14 nitrogen and oxygen atoms in total. The SMILES string of the molecule is COC(=O)N[C@H](C(=O)N1CCC[C@H]1c1nc2c([nH]1)CCc1cc(C#Cc3ccc4[nH]c([C@@H]5CCCN5C(=O)[C@@H](NC(=O)OC)C(C)C)nc4c3)ccc1-2)C(C)C. The number of fused-ring (bicyclic) bond motifs is 4. The topological polar surface area (TPSA) is 175 Å². The fraction of sp³-hybridized carbons (Fsp3) is 0.476. The van der Waals surface area contributed by atoms with Gasteiger partial charge < -0.3 is 39.9 Å². The van der Waals surface area contributed by atoms with Gasteiger partial charge in [0, 0.05) is 35.5 Å². The van der Waals surface area contributed by atoms with Gasteiger partial charge in [0.15, 0.2) is 0 Å². The van der Waals surface area contributed by atoms with E-state index in [1.807, 2.05) is 61.8 Å². The number of benzene rings is 2. The van der Waals surface area contributed by atoms with Gasteiger partial charge in [-0.2, -0.15) is 0 Å². The average molecular weight is 763 g/mol. The zero-order valence-electron chi connectivity index (χ0n) is 32.8. The Morgan fingerprint density at radius 3 is 1.88 bits per heavy atom. The maximum Gasteiger partial charge on any atom is 0.407 e. The second kappa shape index (κ2) is 16.1. The lowest BCUT2D eigenvalue weighted by molar-refractivity contribution is -0.136. The third-order valence-electron chi connectivity index (χ3n) is 11.1. The number of carbonyl (C=O) groups excluding carboxylic acids is 4. The molecule has 4 N–H and O–H groups in total. The molecule has 0 spiro atoms. The Bertz CT molecular complexity index is 2210. The van der Waals surface area contributed by atoms with Crippen LogP contribution in [0.15, 0.2) is 36.4 Å². The molecule has 56 heavy (non-hydrogen) atoms. The van der Waals surface area contributed by atoms with Crippen LogP contribution in [0.2, 0.25) is 0 Å². The number of carbonyl (C=O) groups is 4. The van der Waals surface area contributed by atoms with Gasteiger partial charge in [-0.05, 0) is 86.3 Å². The van der Waals surface area contributed by atoms with Crippen LogP contribution in [0.5, 0.6) is 0 Å². The number of ether oxygens (including phenoxy) is 2. The third kappa shape index (κ3) is 7.67.